The number of aromatic nitrogens is 2. The van der Waals surface area contributed by atoms with Crippen LogP contribution in [0.2, 0.25) is 0 Å². The second-order valence-corrected chi connectivity index (χ2v) is 7.32. The fraction of sp³-hybridized carbons (Fsp3) is 0.333. The third-order valence-corrected chi connectivity index (χ3v) is 5.12. The van der Waals surface area contributed by atoms with E-state index in [-0.39, 0.29) is 24.0 Å². The molecule has 32 heavy (non-hydrogen) atoms. The molecular formula is C24H32IN5O2. The summed E-state index contributed by atoms with van der Waals surface area (Å²) < 4.78 is 12.8. The van der Waals surface area contributed by atoms with Crippen molar-refractivity contribution >= 4 is 29.9 Å². The number of imidazole rings is 1. The number of hydrogen-bond donors (Lipinski definition) is 1. The highest BCUT2D eigenvalue weighted by molar-refractivity contribution is 14.0. The molecule has 0 saturated heterocycles. The Morgan fingerprint density at radius 1 is 1.06 bits per heavy atom. The molecule has 2 aromatic carbocycles. The molecule has 0 spiro atoms. The van der Waals surface area contributed by atoms with Crippen LogP contribution in [0, 0.1) is 0 Å². The number of hydrogen-bond acceptors (Lipinski definition) is 4. The predicted molar refractivity (Wildman–Crippen MR) is 139 cm³/mol. The van der Waals surface area contributed by atoms with Gasteiger partial charge in [0.2, 0.25) is 0 Å². The minimum Gasteiger partial charge on any atom is -0.493 e. The molecule has 0 unspecified atom stereocenters. The van der Waals surface area contributed by atoms with Gasteiger partial charge in [-0.2, -0.15) is 0 Å². The van der Waals surface area contributed by atoms with Crippen LogP contribution in [0.4, 0.5) is 0 Å². The molecule has 0 amide bonds. The maximum absolute atomic E-state index is 5.40. The van der Waals surface area contributed by atoms with E-state index in [1.165, 1.54) is 16.7 Å². The summed E-state index contributed by atoms with van der Waals surface area (Å²) in [6.45, 7) is 2.36. The number of nitrogens with one attached hydrogen (secondary N) is 1. The highest BCUT2D eigenvalue weighted by Crippen LogP contribution is 2.27. The SMILES string of the molecule is CN=C(NCc1cccc(Cn2ccnc2)c1)N(C)CCc1ccc(OC)c(OC)c1.I. The Morgan fingerprint density at radius 2 is 1.84 bits per heavy atom. The molecule has 0 atom stereocenters. The van der Waals surface area contributed by atoms with E-state index in [0.29, 0.717) is 6.54 Å². The Labute approximate surface area is 207 Å². The molecule has 0 radical (unpaired) electrons. The number of halogens is 1. The minimum absolute atomic E-state index is 0. The molecule has 1 aromatic heterocycles. The third kappa shape index (κ3) is 7.15. The van der Waals surface area contributed by atoms with Gasteiger partial charge in [-0.3, -0.25) is 4.99 Å². The monoisotopic (exact) mass is 549 g/mol. The summed E-state index contributed by atoms with van der Waals surface area (Å²) in [6.07, 6.45) is 6.48. The van der Waals surface area contributed by atoms with Gasteiger partial charge in [0.25, 0.3) is 0 Å². The first-order valence-electron chi connectivity index (χ1n) is 10.3. The summed E-state index contributed by atoms with van der Waals surface area (Å²) in [5.41, 5.74) is 3.65. The highest BCUT2D eigenvalue weighted by Gasteiger charge is 2.09. The van der Waals surface area contributed by atoms with Crippen LogP contribution in [-0.4, -0.2) is 55.3 Å². The zero-order valence-corrected chi connectivity index (χ0v) is 21.4. The van der Waals surface area contributed by atoms with E-state index in [0.717, 1.165) is 37.0 Å². The Morgan fingerprint density at radius 3 is 2.53 bits per heavy atom. The topological polar surface area (TPSA) is 63.9 Å². The standard InChI is InChI=1S/C24H31N5O2.HI/c1-25-24(28(2)12-10-19-8-9-22(30-3)23(15-19)31-4)27-16-20-6-5-7-21(14-20)17-29-13-11-26-18-29;/h5-9,11,13-15,18H,10,12,16-17H2,1-4H3,(H,25,27);1H. The highest BCUT2D eigenvalue weighted by atomic mass is 127. The predicted octanol–water partition coefficient (Wildman–Crippen LogP) is 3.82. The third-order valence-electron chi connectivity index (χ3n) is 5.12. The smallest absolute Gasteiger partial charge is 0.193 e. The van der Waals surface area contributed by atoms with Gasteiger partial charge in [-0.1, -0.05) is 30.3 Å². The van der Waals surface area contributed by atoms with Crippen molar-refractivity contribution in [1.29, 1.82) is 0 Å². The Kier molecular flexibility index (Phi) is 10.3. The molecule has 0 saturated carbocycles. The summed E-state index contributed by atoms with van der Waals surface area (Å²) in [7, 11) is 7.16. The van der Waals surface area contributed by atoms with Crippen molar-refractivity contribution in [2.24, 2.45) is 4.99 Å². The number of guanidine groups is 1. The second-order valence-electron chi connectivity index (χ2n) is 7.32. The summed E-state index contributed by atoms with van der Waals surface area (Å²) in [6, 6.07) is 14.6. The van der Waals surface area contributed by atoms with Gasteiger partial charge < -0.3 is 24.3 Å². The lowest BCUT2D eigenvalue weighted by Crippen LogP contribution is -2.39. The molecule has 0 aliphatic carbocycles. The van der Waals surface area contributed by atoms with Crippen molar-refractivity contribution in [2.45, 2.75) is 19.5 Å². The zero-order valence-electron chi connectivity index (χ0n) is 19.1. The number of likely N-dealkylation sites (N-methyl/N-ethyl adjacent to an activating group) is 1. The Bertz CT molecular complexity index is 992. The lowest BCUT2D eigenvalue weighted by molar-refractivity contribution is 0.354. The van der Waals surface area contributed by atoms with Gasteiger partial charge in [-0.15, -0.1) is 24.0 Å². The van der Waals surface area contributed by atoms with Gasteiger partial charge >= 0.3 is 0 Å². The van der Waals surface area contributed by atoms with Gasteiger partial charge in [0.1, 0.15) is 0 Å². The molecule has 0 aliphatic heterocycles. The summed E-state index contributed by atoms with van der Waals surface area (Å²) >= 11 is 0. The van der Waals surface area contributed by atoms with Gasteiger partial charge in [0.05, 0.1) is 20.5 Å². The Balaban J connectivity index is 0.00000363. The lowest BCUT2D eigenvalue weighted by atomic mass is 10.1. The molecule has 1 N–H and O–H groups in total. The van der Waals surface area contributed by atoms with Crippen LogP contribution in [0.25, 0.3) is 0 Å². The van der Waals surface area contributed by atoms with Crippen molar-refractivity contribution in [3.05, 3.63) is 77.9 Å². The second kappa shape index (κ2) is 12.9. The molecule has 0 aliphatic rings. The molecule has 172 valence electrons. The van der Waals surface area contributed by atoms with E-state index >= 15 is 0 Å². The van der Waals surface area contributed by atoms with Gasteiger partial charge in [0, 0.05) is 46.1 Å². The van der Waals surface area contributed by atoms with Crippen LogP contribution in [-0.2, 0) is 19.5 Å². The zero-order chi connectivity index (χ0) is 22.1. The first-order valence-corrected chi connectivity index (χ1v) is 10.3. The van der Waals surface area contributed by atoms with E-state index in [1.807, 2.05) is 38.8 Å². The maximum Gasteiger partial charge on any atom is 0.193 e. The van der Waals surface area contributed by atoms with E-state index in [1.54, 1.807) is 20.4 Å². The number of aliphatic imine (C=N–C) groups is 1. The minimum atomic E-state index is 0. The number of benzene rings is 2. The van der Waals surface area contributed by atoms with E-state index in [4.69, 9.17) is 9.47 Å². The van der Waals surface area contributed by atoms with Crippen LogP contribution in [0.3, 0.4) is 0 Å². The normalized spacial score (nSPS) is 10.9. The van der Waals surface area contributed by atoms with Crippen molar-refractivity contribution in [3.63, 3.8) is 0 Å². The summed E-state index contributed by atoms with van der Waals surface area (Å²) in [5.74, 6) is 2.36. The average Bonchev–Trinajstić information content (AvgIpc) is 3.31. The number of rotatable bonds is 9. The number of nitrogens with zero attached hydrogens (tertiary/aromatic N) is 4. The first kappa shape index (κ1) is 25.5. The van der Waals surface area contributed by atoms with Gasteiger partial charge in [0.15, 0.2) is 17.5 Å². The fourth-order valence-electron chi connectivity index (χ4n) is 3.43. The van der Waals surface area contributed by atoms with E-state index in [2.05, 4.69) is 55.1 Å². The van der Waals surface area contributed by atoms with Crippen molar-refractivity contribution in [1.82, 2.24) is 19.8 Å². The molecule has 3 rings (SSSR count). The van der Waals surface area contributed by atoms with Crippen molar-refractivity contribution < 1.29 is 9.47 Å². The van der Waals surface area contributed by atoms with Crippen molar-refractivity contribution in [2.75, 3.05) is 34.9 Å². The molecular weight excluding hydrogens is 517 g/mol. The summed E-state index contributed by atoms with van der Waals surface area (Å²) in [4.78, 5) is 10.7. The van der Waals surface area contributed by atoms with Crippen LogP contribution in [0.1, 0.15) is 16.7 Å². The van der Waals surface area contributed by atoms with E-state index < -0.39 is 0 Å². The molecule has 7 nitrogen and oxygen atoms in total. The van der Waals surface area contributed by atoms with E-state index in [9.17, 15) is 0 Å². The Hall–Kier alpha value is -2.75. The summed E-state index contributed by atoms with van der Waals surface area (Å²) in [5, 5.41) is 3.46. The molecule has 1 heterocycles. The quantitative estimate of drug-likeness (QED) is 0.250. The van der Waals surface area contributed by atoms with Crippen molar-refractivity contribution in [3.8, 4) is 11.5 Å². The van der Waals surface area contributed by atoms with Crippen LogP contribution >= 0.6 is 24.0 Å². The lowest BCUT2D eigenvalue weighted by Gasteiger charge is -2.22. The molecule has 0 bridgehead atoms. The first-order chi connectivity index (χ1) is 15.1. The van der Waals surface area contributed by atoms with Crippen LogP contribution in [0.5, 0.6) is 11.5 Å². The average molecular weight is 549 g/mol. The number of ether oxygens (including phenoxy) is 2. The fourth-order valence-corrected chi connectivity index (χ4v) is 3.43. The molecule has 0 fully saturated rings. The van der Waals surface area contributed by atoms with Crippen LogP contribution < -0.4 is 14.8 Å². The van der Waals surface area contributed by atoms with Crippen LogP contribution in [0.15, 0.2) is 66.2 Å². The largest absolute Gasteiger partial charge is 0.493 e. The molecule has 8 heteroatoms. The van der Waals surface area contributed by atoms with Gasteiger partial charge in [-0.25, -0.2) is 4.98 Å². The molecule has 3 aromatic rings. The van der Waals surface area contributed by atoms with Gasteiger partial charge in [-0.05, 0) is 35.2 Å². The number of methoxy groups -OCH3 is 2. The maximum atomic E-state index is 5.40.